The van der Waals surface area contributed by atoms with Crippen molar-refractivity contribution >= 4 is 34.2 Å². The van der Waals surface area contributed by atoms with Gasteiger partial charge in [-0.25, -0.2) is 0 Å². The number of nitrogens with zero attached hydrogens (tertiary/aromatic N) is 1. The number of amides is 1. The molecule has 6 N–H and O–H groups in total. The van der Waals surface area contributed by atoms with E-state index >= 15 is 0 Å². The van der Waals surface area contributed by atoms with Crippen LogP contribution < -0.4 is 5.73 Å². The molecule has 0 aliphatic heterocycles. The first-order valence-corrected chi connectivity index (χ1v) is 12.9. The normalized spacial score (nSPS) is 28.1. The van der Waals surface area contributed by atoms with Gasteiger partial charge in [0.25, 0.3) is 5.91 Å². The van der Waals surface area contributed by atoms with E-state index in [1.54, 1.807) is 38.4 Å². The standard InChI is InChI=1S/C30H28N2O8/c1-12-14-8-9-15(19-10-13-6-4-5-7-18(13)40-19)24(33)20(14)25(34)21-16(12)11-17-23(32(2)3)26(35)22(29(31)38)28(37)30(17,39)27(21)36/h4-10,12,16-17,23,33-34,37,39H,11H2,1-3H3,(H2,31,38)/t12-,16+,17-,23-,30-/m0/s1. The largest absolute Gasteiger partial charge is 0.508 e. The Morgan fingerprint density at radius 2 is 1.80 bits per heavy atom. The van der Waals surface area contributed by atoms with Crippen molar-refractivity contribution < 1.29 is 39.2 Å². The first-order valence-electron chi connectivity index (χ1n) is 12.9. The van der Waals surface area contributed by atoms with Gasteiger partial charge < -0.3 is 30.6 Å². The Morgan fingerprint density at radius 3 is 2.45 bits per heavy atom. The third kappa shape index (κ3) is 3.20. The number of carbonyl (C=O) groups is 3. The number of aromatic hydroxyl groups is 1. The summed E-state index contributed by atoms with van der Waals surface area (Å²) >= 11 is 0. The fourth-order valence-electron chi connectivity index (χ4n) is 6.85. The number of carbonyl (C=O) groups excluding carboxylic acids is 3. The van der Waals surface area contributed by atoms with Gasteiger partial charge in [0.2, 0.25) is 5.78 Å². The highest BCUT2D eigenvalue weighted by Crippen LogP contribution is 2.56. The molecule has 40 heavy (non-hydrogen) atoms. The van der Waals surface area contributed by atoms with E-state index in [0.29, 0.717) is 22.5 Å². The van der Waals surface area contributed by atoms with Crippen LogP contribution in [0.4, 0.5) is 0 Å². The number of phenolic OH excluding ortho intramolecular Hbond substituents is 1. The number of hydrogen-bond acceptors (Lipinski definition) is 9. The number of likely N-dealkylation sites (N-methyl/N-ethyl adjacent to an activating group) is 1. The van der Waals surface area contributed by atoms with Gasteiger partial charge in [0.1, 0.15) is 34.2 Å². The van der Waals surface area contributed by atoms with E-state index < -0.39 is 64.0 Å². The summed E-state index contributed by atoms with van der Waals surface area (Å²) in [6.07, 6.45) is 0.0268. The summed E-state index contributed by atoms with van der Waals surface area (Å²) < 4.78 is 5.91. The van der Waals surface area contributed by atoms with Crippen LogP contribution in [0.5, 0.6) is 5.75 Å². The third-order valence-electron chi connectivity index (χ3n) is 8.79. The predicted molar refractivity (Wildman–Crippen MR) is 144 cm³/mol. The SMILES string of the molecule is C[C@H]1c2ccc(-c3cc4ccccc4o3)c(O)c2C(O)=C2C(=O)[C@]3(O)C(O)=C(C(N)=O)C(=O)[C@@H](N(C)C)[C@@H]3C[C@@H]21. The average molecular weight is 545 g/mol. The number of phenols is 1. The van der Waals surface area contributed by atoms with Crippen molar-refractivity contribution in [1.82, 2.24) is 4.90 Å². The van der Waals surface area contributed by atoms with E-state index in [-0.39, 0.29) is 23.3 Å². The number of ketones is 2. The lowest BCUT2D eigenvalue weighted by molar-refractivity contribution is -0.154. The van der Waals surface area contributed by atoms with Gasteiger partial charge in [-0.15, -0.1) is 0 Å². The van der Waals surface area contributed by atoms with E-state index in [4.69, 9.17) is 10.2 Å². The van der Waals surface area contributed by atoms with Crippen LogP contribution in [0.3, 0.4) is 0 Å². The van der Waals surface area contributed by atoms with Gasteiger partial charge in [-0.2, -0.15) is 0 Å². The Morgan fingerprint density at radius 1 is 1.10 bits per heavy atom. The number of fused-ring (bicyclic) bond motifs is 4. The van der Waals surface area contributed by atoms with Crippen molar-refractivity contribution in [3.8, 4) is 17.1 Å². The second-order valence-corrected chi connectivity index (χ2v) is 11.0. The van der Waals surface area contributed by atoms with Crippen LogP contribution in [0.2, 0.25) is 0 Å². The number of rotatable bonds is 3. The van der Waals surface area contributed by atoms with Gasteiger partial charge in [0.05, 0.1) is 17.2 Å². The number of nitrogens with two attached hydrogens (primary N) is 1. The number of para-hydroxylation sites is 1. The fourth-order valence-corrected chi connectivity index (χ4v) is 6.85. The predicted octanol–water partition coefficient (Wildman–Crippen LogP) is 2.94. The lowest BCUT2D eigenvalue weighted by Gasteiger charge is -2.51. The maximum Gasteiger partial charge on any atom is 0.255 e. The summed E-state index contributed by atoms with van der Waals surface area (Å²) in [5, 5.41) is 46.5. The average Bonchev–Trinajstić information content (AvgIpc) is 3.32. The first-order chi connectivity index (χ1) is 18.9. The van der Waals surface area contributed by atoms with Crippen LogP contribution in [0.15, 0.2) is 63.8 Å². The van der Waals surface area contributed by atoms with Gasteiger partial charge in [0, 0.05) is 16.9 Å². The van der Waals surface area contributed by atoms with Crippen molar-refractivity contribution in [2.45, 2.75) is 30.9 Å². The molecule has 0 bridgehead atoms. The van der Waals surface area contributed by atoms with E-state index in [0.717, 1.165) is 5.39 Å². The number of aliphatic hydroxyl groups is 3. The third-order valence-corrected chi connectivity index (χ3v) is 8.79. The maximum atomic E-state index is 14.1. The second kappa shape index (κ2) is 8.54. The number of benzene rings is 2. The minimum Gasteiger partial charge on any atom is -0.508 e. The van der Waals surface area contributed by atoms with Gasteiger partial charge in [-0.3, -0.25) is 19.3 Å². The molecule has 0 saturated heterocycles. The molecule has 1 aromatic heterocycles. The Hall–Kier alpha value is -4.41. The molecule has 1 saturated carbocycles. The van der Waals surface area contributed by atoms with Gasteiger partial charge in [0.15, 0.2) is 11.4 Å². The lowest BCUT2D eigenvalue weighted by Crippen LogP contribution is -2.65. The molecule has 3 aromatic rings. The molecule has 0 spiro atoms. The quantitative estimate of drug-likeness (QED) is 0.311. The highest BCUT2D eigenvalue weighted by molar-refractivity contribution is 6.24. The van der Waals surface area contributed by atoms with Gasteiger partial charge in [-0.1, -0.05) is 31.2 Å². The summed E-state index contributed by atoms with van der Waals surface area (Å²) in [5.41, 5.74) is 3.14. The molecular formula is C30H28N2O8. The van der Waals surface area contributed by atoms with E-state index in [2.05, 4.69) is 0 Å². The molecule has 0 unspecified atom stereocenters. The summed E-state index contributed by atoms with van der Waals surface area (Å²) in [4.78, 5) is 40.9. The Bertz CT molecular complexity index is 1680. The number of hydrogen-bond donors (Lipinski definition) is 5. The van der Waals surface area contributed by atoms with E-state index in [1.165, 1.54) is 4.90 Å². The Kier molecular flexibility index (Phi) is 5.52. The first kappa shape index (κ1) is 25.8. The second-order valence-electron chi connectivity index (χ2n) is 11.0. The minimum atomic E-state index is -2.68. The monoisotopic (exact) mass is 544 g/mol. The Labute approximate surface area is 228 Å². The van der Waals surface area contributed by atoms with Crippen LogP contribution in [-0.2, 0) is 14.4 Å². The molecule has 5 atom stereocenters. The maximum absolute atomic E-state index is 14.1. The fraction of sp³-hybridized carbons (Fsp3) is 0.300. The molecule has 1 fully saturated rings. The number of Topliss-reactive ketones (excluding diaryl/α,β-unsaturated/α-hetero) is 2. The molecule has 1 amide bonds. The van der Waals surface area contributed by atoms with Crippen LogP contribution >= 0.6 is 0 Å². The lowest BCUT2D eigenvalue weighted by atomic mass is 9.55. The zero-order valence-electron chi connectivity index (χ0n) is 22.0. The summed E-state index contributed by atoms with van der Waals surface area (Å²) in [7, 11) is 3.13. The highest BCUT2D eigenvalue weighted by Gasteiger charge is 2.64. The number of aliphatic hydroxyl groups excluding tert-OH is 2. The topological polar surface area (TPSA) is 175 Å². The van der Waals surface area contributed by atoms with Crippen LogP contribution in [-0.4, -0.2) is 68.5 Å². The smallest absolute Gasteiger partial charge is 0.255 e. The highest BCUT2D eigenvalue weighted by atomic mass is 16.4. The number of primary amides is 1. The van der Waals surface area contributed by atoms with Gasteiger partial charge in [-0.05, 0) is 56.1 Å². The molecule has 3 aliphatic rings. The molecular weight excluding hydrogens is 516 g/mol. The summed E-state index contributed by atoms with van der Waals surface area (Å²) in [6.45, 7) is 1.83. The number of furan rings is 1. The van der Waals surface area contributed by atoms with Crippen molar-refractivity contribution in [2.75, 3.05) is 14.1 Å². The summed E-state index contributed by atoms with van der Waals surface area (Å²) in [5.74, 6) is -6.92. The minimum absolute atomic E-state index is 0.0155. The van der Waals surface area contributed by atoms with E-state index in [1.807, 2.05) is 25.1 Å². The van der Waals surface area contributed by atoms with Crippen molar-refractivity contribution in [1.29, 1.82) is 0 Å². The van der Waals surface area contributed by atoms with Crippen molar-refractivity contribution in [2.24, 2.45) is 17.6 Å². The van der Waals surface area contributed by atoms with E-state index in [9.17, 15) is 34.8 Å². The molecule has 10 heteroatoms. The van der Waals surface area contributed by atoms with Crippen molar-refractivity contribution in [3.05, 3.63) is 70.5 Å². The molecule has 10 nitrogen and oxygen atoms in total. The molecule has 3 aliphatic carbocycles. The molecule has 6 rings (SSSR count). The van der Waals surface area contributed by atoms with Crippen LogP contribution in [0.25, 0.3) is 28.1 Å². The molecule has 206 valence electrons. The zero-order chi connectivity index (χ0) is 28.8. The summed E-state index contributed by atoms with van der Waals surface area (Å²) in [6, 6.07) is 11.4. The van der Waals surface area contributed by atoms with Crippen LogP contribution in [0, 0.1) is 11.8 Å². The molecule has 1 heterocycles. The molecule has 0 radical (unpaired) electrons. The molecule has 2 aromatic carbocycles. The van der Waals surface area contributed by atoms with Crippen molar-refractivity contribution in [3.63, 3.8) is 0 Å². The van der Waals surface area contributed by atoms with Crippen LogP contribution in [0.1, 0.15) is 30.4 Å². The zero-order valence-corrected chi connectivity index (χ0v) is 22.0. The van der Waals surface area contributed by atoms with Gasteiger partial charge >= 0.3 is 0 Å². The Balaban J connectivity index is 1.56.